The minimum atomic E-state index is -0.531. The number of benzene rings is 2. The van der Waals surface area contributed by atoms with Crippen molar-refractivity contribution in [3.05, 3.63) is 49.0 Å². The molecule has 0 bridgehead atoms. The van der Waals surface area contributed by atoms with Crippen molar-refractivity contribution in [2.45, 2.75) is 13.5 Å². The van der Waals surface area contributed by atoms with Crippen molar-refractivity contribution >= 4 is 61.7 Å². The van der Waals surface area contributed by atoms with Crippen LogP contribution in [0, 0.1) is 3.57 Å². The number of primary amides is 1. The Kier molecular flexibility index (Phi) is 7.64. The monoisotopic (exact) mass is 538 g/mol. The Morgan fingerprint density at radius 1 is 1.32 bits per heavy atom. The molecule has 2 aromatic rings. The van der Waals surface area contributed by atoms with E-state index in [1.165, 1.54) is 0 Å². The van der Waals surface area contributed by atoms with Crippen LogP contribution in [0.3, 0.4) is 0 Å². The lowest BCUT2D eigenvalue weighted by Gasteiger charge is -2.15. The highest BCUT2D eigenvalue weighted by atomic mass is 127. The van der Waals surface area contributed by atoms with Crippen LogP contribution in [-0.4, -0.2) is 19.1 Å². The predicted molar refractivity (Wildman–Crippen MR) is 111 cm³/mol. The second-order valence-electron chi connectivity index (χ2n) is 5.08. The van der Waals surface area contributed by atoms with E-state index in [1.54, 1.807) is 0 Å². The van der Waals surface area contributed by atoms with E-state index < -0.39 is 5.91 Å². The third-order valence-electron chi connectivity index (χ3n) is 3.14. The molecule has 2 aromatic carbocycles. The zero-order chi connectivity index (χ0) is 18.4. The molecule has 0 heterocycles. The van der Waals surface area contributed by atoms with Gasteiger partial charge in [0.15, 0.2) is 18.1 Å². The number of carbonyl (C=O) groups is 1. The summed E-state index contributed by atoms with van der Waals surface area (Å²) < 4.78 is 12.8. The average molecular weight is 540 g/mol. The molecule has 0 saturated heterocycles. The lowest BCUT2D eigenvalue weighted by molar-refractivity contribution is -0.119. The molecular weight excluding hydrogens is 522 g/mol. The largest absolute Gasteiger partial charge is 0.490 e. The maximum absolute atomic E-state index is 11.0. The van der Waals surface area contributed by atoms with Crippen molar-refractivity contribution in [3.8, 4) is 11.5 Å². The summed E-state index contributed by atoms with van der Waals surface area (Å²) in [4.78, 5) is 11.0. The molecule has 2 rings (SSSR count). The van der Waals surface area contributed by atoms with Gasteiger partial charge in [0.05, 0.1) is 15.2 Å². The molecule has 0 unspecified atom stereocenters. The van der Waals surface area contributed by atoms with Gasteiger partial charge in [-0.3, -0.25) is 4.79 Å². The molecule has 1 amide bonds. The Bertz CT molecular complexity index is 774. The number of hydrogen-bond donors (Lipinski definition) is 2. The van der Waals surface area contributed by atoms with Crippen molar-refractivity contribution in [2.75, 3.05) is 18.5 Å². The molecule has 25 heavy (non-hydrogen) atoms. The van der Waals surface area contributed by atoms with Crippen LogP contribution in [0.4, 0.5) is 5.69 Å². The van der Waals surface area contributed by atoms with Crippen LogP contribution < -0.4 is 20.5 Å². The number of amides is 1. The standard InChI is InChI=1S/C17H17BrClIN2O3/c1-2-24-15-6-10(5-14(20)17(15)25-9-16(21)23)8-22-11-3-4-12(18)13(19)7-11/h3-7,22H,2,8-9H2,1H3,(H2,21,23). The maximum Gasteiger partial charge on any atom is 0.255 e. The fraction of sp³-hybridized carbons (Fsp3) is 0.235. The molecule has 0 aliphatic heterocycles. The van der Waals surface area contributed by atoms with Crippen LogP contribution in [0.5, 0.6) is 11.5 Å². The minimum Gasteiger partial charge on any atom is -0.490 e. The van der Waals surface area contributed by atoms with Gasteiger partial charge in [0, 0.05) is 16.7 Å². The number of nitrogens with one attached hydrogen (secondary N) is 1. The number of rotatable bonds is 8. The van der Waals surface area contributed by atoms with E-state index in [4.69, 9.17) is 26.8 Å². The Morgan fingerprint density at radius 3 is 2.72 bits per heavy atom. The van der Waals surface area contributed by atoms with Gasteiger partial charge < -0.3 is 20.5 Å². The van der Waals surface area contributed by atoms with Crippen LogP contribution in [0.25, 0.3) is 0 Å². The molecule has 0 radical (unpaired) electrons. The van der Waals surface area contributed by atoms with Gasteiger partial charge in [-0.15, -0.1) is 0 Å². The Morgan fingerprint density at radius 2 is 2.08 bits per heavy atom. The zero-order valence-corrected chi connectivity index (χ0v) is 17.9. The third-order valence-corrected chi connectivity index (χ3v) is 5.18. The van der Waals surface area contributed by atoms with Crippen molar-refractivity contribution < 1.29 is 14.3 Å². The van der Waals surface area contributed by atoms with E-state index in [0.29, 0.717) is 29.7 Å². The van der Waals surface area contributed by atoms with Crippen LogP contribution in [0.15, 0.2) is 34.8 Å². The number of nitrogens with two attached hydrogens (primary N) is 1. The lowest BCUT2D eigenvalue weighted by atomic mass is 10.2. The van der Waals surface area contributed by atoms with E-state index >= 15 is 0 Å². The normalized spacial score (nSPS) is 10.4. The van der Waals surface area contributed by atoms with Gasteiger partial charge >= 0.3 is 0 Å². The topological polar surface area (TPSA) is 73.6 Å². The van der Waals surface area contributed by atoms with Gasteiger partial charge in [0.25, 0.3) is 5.91 Å². The number of anilines is 1. The summed E-state index contributed by atoms with van der Waals surface area (Å²) in [6.07, 6.45) is 0. The average Bonchev–Trinajstić information content (AvgIpc) is 2.55. The highest BCUT2D eigenvalue weighted by Gasteiger charge is 2.13. The van der Waals surface area contributed by atoms with E-state index in [-0.39, 0.29) is 6.61 Å². The van der Waals surface area contributed by atoms with Gasteiger partial charge in [-0.2, -0.15) is 0 Å². The zero-order valence-electron chi connectivity index (χ0n) is 13.4. The first kappa shape index (κ1) is 20.1. The summed E-state index contributed by atoms with van der Waals surface area (Å²) in [5.74, 6) is 0.578. The fourth-order valence-corrected chi connectivity index (χ4v) is 3.33. The Balaban J connectivity index is 2.17. The molecule has 0 aromatic heterocycles. The van der Waals surface area contributed by atoms with Gasteiger partial charge in [-0.05, 0) is 81.3 Å². The van der Waals surface area contributed by atoms with E-state index in [2.05, 4.69) is 43.8 Å². The van der Waals surface area contributed by atoms with E-state index in [9.17, 15) is 4.79 Å². The van der Waals surface area contributed by atoms with Crippen molar-refractivity contribution in [1.29, 1.82) is 0 Å². The molecule has 8 heteroatoms. The van der Waals surface area contributed by atoms with Gasteiger partial charge in [-0.25, -0.2) is 0 Å². The van der Waals surface area contributed by atoms with Crippen molar-refractivity contribution in [3.63, 3.8) is 0 Å². The first-order valence-electron chi connectivity index (χ1n) is 7.46. The maximum atomic E-state index is 11.0. The summed E-state index contributed by atoms with van der Waals surface area (Å²) >= 11 is 11.6. The molecule has 0 atom stereocenters. The summed E-state index contributed by atoms with van der Waals surface area (Å²) in [6.45, 7) is 2.77. The smallest absolute Gasteiger partial charge is 0.255 e. The first-order chi connectivity index (χ1) is 11.9. The second-order valence-corrected chi connectivity index (χ2v) is 7.50. The van der Waals surface area contributed by atoms with Crippen LogP contribution in [-0.2, 0) is 11.3 Å². The predicted octanol–water partition coefficient (Wildman–Crippen LogP) is 4.58. The summed E-state index contributed by atoms with van der Waals surface area (Å²) in [6, 6.07) is 9.53. The molecule has 0 aliphatic carbocycles. The van der Waals surface area contributed by atoms with Crippen LogP contribution in [0.2, 0.25) is 5.02 Å². The number of halogens is 3. The minimum absolute atomic E-state index is 0.189. The van der Waals surface area contributed by atoms with E-state index in [1.807, 2.05) is 37.3 Å². The Labute approximate surface area is 173 Å². The van der Waals surface area contributed by atoms with Gasteiger partial charge in [0.1, 0.15) is 0 Å². The molecule has 0 fully saturated rings. The van der Waals surface area contributed by atoms with Crippen LogP contribution in [0.1, 0.15) is 12.5 Å². The third kappa shape index (κ3) is 5.93. The molecule has 3 N–H and O–H groups in total. The number of hydrogen-bond acceptors (Lipinski definition) is 4. The quantitative estimate of drug-likeness (QED) is 0.482. The van der Waals surface area contributed by atoms with Gasteiger partial charge in [0.2, 0.25) is 0 Å². The Hall–Kier alpha value is -1.19. The van der Waals surface area contributed by atoms with Gasteiger partial charge in [-0.1, -0.05) is 11.6 Å². The summed E-state index contributed by atoms with van der Waals surface area (Å²) in [5, 5.41) is 3.96. The first-order valence-corrected chi connectivity index (χ1v) is 9.71. The SMILES string of the molecule is CCOc1cc(CNc2ccc(Br)c(Cl)c2)cc(I)c1OCC(N)=O. The lowest BCUT2D eigenvalue weighted by Crippen LogP contribution is -2.20. The highest BCUT2D eigenvalue weighted by molar-refractivity contribution is 14.1. The highest BCUT2D eigenvalue weighted by Crippen LogP contribution is 2.34. The fourth-order valence-electron chi connectivity index (χ4n) is 2.08. The van der Waals surface area contributed by atoms with Crippen molar-refractivity contribution in [2.24, 2.45) is 5.73 Å². The summed E-state index contributed by atoms with van der Waals surface area (Å²) in [7, 11) is 0. The molecular formula is C17H17BrClIN2O3. The molecule has 0 spiro atoms. The number of ether oxygens (including phenoxy) is 2. The second kappa shape index (κ2) is 9.49. The summed E-state index contributed by atoms with van der Waals surface area (Å²) in [5.41, 5.74) is 7.07. The molecule has 0 aliphatic rings. The molecule has 134 valence electrons. The molecule has 5 nitrogen and oxygen atoms in total. The molecule has 0 saturated carbocycles. The van der Waals surface area contributed by atoms with E-state index in [0.717, 1.165) is 19.3 Å². The van der Waals surface area contributed by atoms with Crippen LogP contribution >= 0.6 is 50.1 Å². The number of carbonyl (C=O) groups excluding carboxylic acids is 1. The van der Waals surface area contributed by atoms with Crippen molar-refractivity contribution in [1.82, 2.24) is 0 Å².